The first-order valence-corrected chi connectivity index (χ1v) is 9.49. The number of amides is 1. The Labute approximate surface area is 168 Å². The zero-order valence-electron chi connectivity index (χ0n) is 16.1. The van der Waals surface area contributed by atoms with Gasteiger partial charge in [-0.1, -0.05) is 42.5 Å². The SMILES string of the molecule is CN(CC(O)CO)C(=O)c1ccc2c(-c3cccc4cnccc34)cccc2c1. The number of rotatable bonds is 5. The van der Waals surface area contributed by atoms with Crippen molar-refractivity contribution in [1.82, 2.24) is 9.88 Å². The van der Waals surface area contributed by atoms with Gasteiger partial charge in [-0.25, -0.2) is 0 Å². The van der Waals surface area contributed by atoms with Crippen molar-refractivity contribution in [3.05, 3.63) is 78.6 Å². The van der Waals surface area contributed by atoms with E-state index in [0.717, 1.165) is 32.7 Å². The Hall–Kier alpha value is -3.28. The lowest BCUT2D eigenvalue weighted by atomic mass is 9.94. The molecule has 5 nitrogen and oxygen atoms in total. The van der Waals surface area contributed by atoms with Gasteiger partial charge < -0.3 is 15.1 Å². The Kier molecular flexibility index (Phi) is 5.25. The summed E-state index contributed by atoms with van der Waals surface area (Å²) in [6, 6.07) is 19.9. The van der Waals surface area contributed by atoms with Gasteiger partial charge in [-0.15, -0.1) is 0 Å². The fourth-order valence-corrected chi connectivity index (χ4v) is 3.69. The normalized spacial score (nSPS) is 12.2. The number of aromatic nitrogens is 1. The standard InChI is InChI=1S/C24H22N2O3/c1-26(14-19(28)15-27)24(29)17-8-9-20-16(12-17)4-2-6-22(20)23-7-3-5-18-13-25-11-10-21(18)23/h2-13,19,27-28H,14-15H2,1H3. The fourth-order valence-electron chi connectivity index (χ4n) is 3.69. The number of carbonyl (C=O) groups excluding carboxylic acids is 1. The lowest BCUT2D eigenvalue weighted by Gasteiger charge is -2.20. The Morgan fingerprint density at radius 1 is 1.00 bits per heavy atom. The predicted molar refractivity (Wildman–Crippen MR) is 115 cm³/mol. The van der Waals surface area contributed by atoms with Crippen LogP contribution in [0.2, 0.25) is 0 Å². The summed E-state index contributed by atoms with van der Waals surface area (Å²) in [5.74, 6) is -0.193. The molecule has 146 valence electrons. The van der Waals surface area contributed by atoms with Crippen LogP contribution in [0.3, 0.4) is 0 Å². The van der Waals surface area contributed by atoms with E-state index in [-0.39, 0.29) is 19.1 Å². The van der Waals surface area contributed by atoms with Crippen LogP contribution in [0.5, 0.6) is 0 Å². The van der Waals surface area contributed by atoms with Crippen molar-refractivity contribution in [3.63, 3.8) is 0 Å². The van der Waals surface area contributed by atoms with E-state index < -0.39 is 6.10 Å². The third-order valence-electron chi connectivity index (χ3n) is 5.14. The minimum Gasteiger partial charge on any atom is -0.394 e. The number of nitrogens with zero attached hydrogens (tertiary/aromatic N) is 2. The Morgan fingerprint density at radius 2 is 1.69 bits per heavy atom. The van der Waals surface area contributed by atoms with E-state index >= 15 is 0 Å². The Balaban J connectivity index is 1.76. The molecule has 0 spiro atoms. The second-order valence-corrected chi connectivity index (χ2v) is 7.17. The summed E-state index contributed by atoms with van der Waals surface area (Å²) in [5.41, 5.74) is 2.77. The molecule has 4 aromatic rings. The first-order chi connectivity index (χ1) is 14.1. The van der Waals surface area contributed by atoms with Crippen LogP contribution in [0.4, 0.5) is 0 Å². The first kappa shape index (κ1) is 19.1. The molecule has 29 heavy (non-hydrogen) atoms. The van der Waals surface area contributed by atoms with Gasteiger partial charge in [0.25, 0.3) is 5.91 Å². The van der Waals surface area contributed by atoms with Gasteiger partial charge in [-0.2, -0.15) is 0 Å². The van der Waals surface area contributed by atoms with Gasteiger partial charge in [-0.05, 0) is 45.5 Å². The minimum atomic E-state index is -0.947. The third kappa shape index (κ3) is 3.70. The van der Waals surface area contributed by atoms with Gasteiger partial charge in [0, 0.05) is 36.9 Å². The van der Waals surface area contributed by atoms with E-state index in [0.29, 0.717) is 5.56 Å². The largest absolute Gasteiger partial charge is 0.394 e. The number of likely N-dealkylation sites (N-methyl/N-ethyl adjacent to an activating group) is 1. The van der Waals surface area contributed by atoms with Gasteiger partial charge in [-0.3, -0.25) is 9.78 Å². The van der Waals surface area contributed by atoms with Crippen LogP contribution in [0.25, 0.3) is 32.7 Å². The molecule has 3 aromatic carbocycles. The van der Waals surface area contributed by atoms with Crippen molar-refractivity contribution in [2.24, 2.45) is 0 Å². The molecule has 1 unspecified atom stereocenters. The number of hydrogen-bond donors (Lipinski definition) is 2. The number of aliphatic hydroxyl groups excluding tert-OH is 2. The monoisotopic (exact) mass is 386 g/mol. The Morgan fingerprint density at radius 3 is 2.41 bits per heavy atom. The third-order valence-corrected chi connectivity index (χ3v) is 5.14. The number of carbonyl (C=O) groups is 1. The number of aliphatic hydroxyl groups is 2. The van der Waals surface area contributed by atoms with Crippen LogP contribution in [0.15, 0.2) is 73.1 Å². The maximum atomic E-state index is 12.7. The summed E-state index contributed by atoms with van der Waals surface area (Å²) in [7, 11) is 1.62. The zero-order chi connectivity index (χ0) is 20.4. The van der Waals surface area contributed by atoms with Gasteiger partial charge in [0.15, 0.2) is 0 Å². The molecule has 4 rings (SSSR count). The van der Waals surface area contributed by atoms with Gasteiger partial charge in [0.05, 0.1) is 12.7 Å². The molecular weight excluding hydrogens is 364 g/mol. The quantitative estimate of drug-likeness (QED) is 0.551. The van der Waals surface area contributed by atoms with Crippen molar-refractivity contribution >= 4 is 27.5 Å². The highest BCUT2D eigenvalue weighted by Gasteiger charge is 2.16. The average molecular weight is 386 g/mol. The average Bonchev–Trinajstić information content (AvgIpc) is 2.77. The highest BCUT2D eigenvalue weighted by Crippen LogP contribution is 2.34. The summed E-state index contributed by atoms with van der Waals surface area (Å²) in [6.07, 6.45) is 2.71. The molecule has 1 aromatic heterocycles. The summed E-state index contributed by atoms with van der Waals surface area (Å²) >= 11 is 0. The summed E-state index contributed by atoms with van der Waals surface area (Å²) in [6.45, 7) is -0.295. The number of pyridine rings is 1. The van der Waals surface area contributed by atoms with Crippen molar-refractivity contribution in [3.8, 4) is 11.1 Å². The van der Waals surface area contributed by atoms with Crippen molar-refractivity contribution in [2.45, 2.75) is 6.10 Å². The molecule has 5 heteroatoms. The van der Waals surface area contributed by atoms with Gasteiger partial charge >= 0.3 is 0 Å². The molecule has 0 radical (unpaired) electrons. The highest BCUT2D eigenvalue weighted by molar-refractivity contribution is 6.07. The zero-order valence-corrected chi connectivity index (χ0v) is 16.1. The van der Waals surface area contributed by atoms with Crippen molar-refractivity contribution in [1.29, 1.82) is 0 Å². The first-order valence-electron chi connectivity index (χ1n) is 9.49. The maximum absolute atomic E-state index is 12.7. The maximum Gasteiger partial charge on any atom is 0.253 e. The van der Waals surface area contributed by atoms with E-state index in [1.807, 2.05) is 54.7 Å². The fraction of sp³-hybridized carbons (Fsp3) is 0.167. The van der Waals surface area contributed by atoms with Crippen LogP contribution in [0.1, 0.15) is 10.4 Å². The van der Waals surface area contributed by atoms with E-state index in [2.05, 4.69) is 17.1 Å². The number of hydrogen-bond acceptors (Lipinski definition) is 4. The summed E-state index contributed by atoms with van der Waals surface area (Å²) in [5, 5.41) is 22.8. The highest BCUT2D eigenvalue weighted by atomic mass is 16.3. The smallest absolute Gasteiger partial charge is 0.253 e. The molecule has 0 saturated carbocycles. The van der Waals surface area contributed by atoms with Crippen LogP contribution >= 0.6 is 0 Å². The lowest BCUT2D eigenvalue weighted by Crippen LogP contribution is -2.35. The second-order valence-electron chi connectivity index (χ2n) is 7.17. The molecular formula is C24H22N2O3. The molecule has 0 aliphatic carbocycles. The van der Waals surface area contributed by atoms with E-state index in [9.17, 15) is 9.90 Å². The van der Waals surface area contributed by atoms with E-state index in [4.69, 9.17) is 5.11 Å². The lowest BCUT2D eigenvalue weighted by molar-refractivity contribution is 0.0520. The Bertz CT molecular complexity index is 1180. The molecule has 2 N–H and O–H groups in total. The number of benzene rings is 3. The second kappa shape index (κ2) is 7.99. The predicted octanol–water partition coefficient (Wildman–Crippen LogP) is 3.48. The number of fused-ring (bicyclic) bond motifs is 2. The van der Waals surface area contributed by atoms with Crippen LogP contribution in [-0.4, -0.2) is 52.3 Å². The van der Waals surface area contributed by atoms with Crippen LogP contribution < -0.4 is 0 Å². The molecule has 0 saturated heterocycles. The topological polar surface area (TPSA) is 73.7 Å². The van der Waals surface area contributed by atoms with E-state index in [1.165, 1.54) is 4.90 Å². The molecule has 0 aliphatic rings. The van der Waals surface area contributed by atoms with Gasteiger partial charge in [0.1, 0.15) is 0 Å². The van der Waals surface area contributed by atoms with E-state index in [1.54, 1.807) is 13.2 Å². The van der Waals surface area contributed by atoms with Crippen molar-refractivity contribution in [2.75, 3.05) is 20.2 Å². The van der Waals surface area contributed by atoms with Crippen LogP contribution in [-0.2, 0) is 0 Å². The molecule has 0 bridgehead atoms. The molecule has 1 heterocycles. The summed E-state index contributed by atoms with van der Waals surface area (Å²) in [4.78, 5) is 18.3. The minimum absolute atomic E-state index is 0.0808. The van der Waals surface area contributed by atoms with Crippen molar-refractivity contribution < 1.29 is 15.0 Å². The molecule has 1 amide bonds. The summed E-state index contributed by atoms with van der Waals surface area (Å²) < 4.78 is 0. The van der Waals surface area contributed by atoms with Gasteiger partial charge in [0.2, 0.25) is 0 Å². The molecule has 0 aliphatic heterocycles. The molecule has 1 atom stereocenters. The molecule has 0 fully saturated rings. The van der Waals surface area contributed by atoms with Crippen LogP contribution in [0, 0.1) is 0 Å².